The van der Waals surface area contributed by atoms with Crippen LogP contribution in [0.1, 0.15) is 13.3 Å². The molecule has 1 fully saturated rings. The van der Waals surface area contributed by atoms with E-state index in [1.54, 1.807) is 0 Å². The van der Waals surface area contributed by atoms with Gasteiger partial charge in [-0.1, -0.05) is 6.92 Å². The van der Waals surface area contributed by atoms with Crippen molar-refractivity contribution in [2.24, 2.45) is 0 Å². The summed E-state index contributed by atoms with van der Waals surface area (Å²) in [5.41, 5.74) is 0. The summed E-state index contributed by atoms with van der Waals surface area (Å²) in [5.74, 6) is 0.153. The molecule has 76 valence electrons. The normalized spacial score (nSPS) is 24.5. The molecule has 0 saturated carbocycles. The lowest BCUT2D eigenvalue weighted by molar-refractivity contribution is -0.125. The number of carbonyl (C=O) groups excluding carboxylic acids is 1. The number of nitrogens with one attached hydrogen (secondary N) is 2. The molecule has 0 aromatic carbocycles. The van der Waals surface area contributed by atoms with E-state index in [1.165, 1.54) is 0 Å². The van der Waals surface area contributed by atoms with Crippen molar-refractivity contribution in [2.75, 3.05) is 33.2 Å². The third-order valence-electron chi connectivity index (χ3n) is 2.20. The first-order valence-electron chi connectivity index (χ1n) is 4.92. The van der Waals surface area contributed by atoms with Crippen LogP contribution in [0, 0.1) is 0 Å². The predicted octanol–water partition coefficient (Wildman–Crippen LogP) is -0.584. The second-order valence-electron chi connectivity index (χ2n) is 3.56. The van der Waals surface area contributed by atoms with Gasteiger partial charge >= 0.3 is 0 Å². The Labute approximate surface area is 79.7 Å². The van der Waals surface area contributed by atoms with Crippen molar-refractivity contribution in [2.45, 2.75) is 19.4 Å². The molecular formula is C9H19N3O. The van der Waals surface area contributed by atoms with Crippen LogP contribution in [0.3, 0.4) is 0 Å². The van der Waals surface area contributed by atoms with Gasteiger partial charge in [0, 0.05) is 13.1 Å². The molecule has 1 amide bonds. The molecule has 0 aromatic rings. The minimum absolute atomic E-state index is 0.153. The van der Waals surface area contributed by atoms with Gasteiger partial charge in [0.2, 0.25) is 5.91 Å². The fourth-order valence-electron chi connectivity index (χ4n) is 1.75. The molecule has 1 aliphatic heterocycles. The van der Waals surface area contributed by atoms with Gasteiger partial charge in [0.1, 0.15) is 0 Å². The van der Waals surface area contributed by atoms with Crippen LogP contribution in [-0.4, -0.2) is 50.1 Å². The summed E-state index contributed by atoms with van der Waals surface area (Å²) in [7, 11) is 1.91. The highest BCUT2D eigenvalue weighted by Crippen LogP contribution is 2.00. The maximum Gasteiger partial charge on any atom is 0.234 e. The molecule has 1 heterocycles. The van der Waals surface area contributed by atoms with Crippen LogP contribution in [0.15, 0.2) is 0 Å². The monoisotopic (exact) mass is 185 g/mol. The minimum Gasteiger partial charge on any atom is -0.350 e. The lowest BCUT2D eigenvalue weighted by Crippen LogP contribution is -2.57. The van der Waals surface area contributed by atoms with Gasteiger partial charge < -0.3 is 10.6 Å². The Morgan fingerprint density at radius 1 is 1.69 bits per heavy atom. The lowest BCUT2D eigenvalue weighted by Gasteiger charge is -2.32. The molecule has 1 saturated heterocycles. The second-order valence-corrected chi connectivity index (χ2v) is 3.56. The average molecular weight is 185 g/mol. The number of amides is 1. The summed E-state index contributed by atoms with van der Waals surface area (Å²) in [6, 6.07) is 0.276. The van der Waals surface area contributed by atoms with Crippen molar-refractivity contribution in [3.63, 3.8) is 0 Å². The number of carbonyl (C=O) groups is 1. The number of rotatable bonds is 4. The maximum atomic E-state index is 11.3. The smallest absolute Gasteiger partial charge is 0.234 e. The molecule has 1 rings (SSSR count). The van der Waals surface area contributed by atoms with Gasteiger partial charge in [-0.15, -0.1) is 0 Å². The van der Waals surface area contributed by atoms with Crippen LogP contribution in [-0.2, 0) is 4.79 Å². The minimum atomic E-state index is 0.153. The largest absolute Gasteiger partial charge is 0.350 e. The first kappa shape index (κ1) is 10.5. The van der Waals surface area contributed by atoms with Gasteiger partial charge in [-0.3, -0.25) is 9.69 Å². The van der Waals surface area contributed by atoms with Crippen LogP contribution >= 0.6 is 0 Å². The predicted molar refractivity (Wildman–Crippen MR) is 52.6 cm³/mol. The molecule has 4 heteroatoms. The summed E-state index contributed by atoms with van der Waals surface area (Å²) in [5, 5.41) is 6.04. The zero-order chi connectivity index (χ0) is 9.68. The first-order chi connectivity index (χ1) is 6.26. The summed E-state index contributed by atoms with van der Waals surface area (Å²) >= 11 is 0. The molecule has 2 N–H and O–H groups in total. The van der Waals surface area contributed by atoms with Gasteiger partial charge in [-0.05, 0) is 20.0 Å². The van der Waals surface area contributed by atoms with Crippen LogP contribution < -0.4 is 10.6 Å². The topological polar surface area (TPSA) is 44.4 Å². The third-order valence-corrected chi connectivity index (χ3v) is 2.20. The molecule has 1 aliphatic rings. The Morgan fingerprint density at radius 3 is 3.08 bits per heavy atom. The fourth-order valence-corrected chi connectivity index (χ4v) is 1.75. The number of likely N-dealkylation sites (N-methyl/N-ethyl adjacent to an activating group) is 1. The van der Waals surface area contributed by atoms with E-state index in [9.17, 15) is 4.79 Å². The number of hydrogen-bond donors (Lipinski definition) is 2. The molecule has 0 radical (unpaired) electrons. The Kier molecular flexibility index (Phi) is 4.18. The van der Waals surface area contributed by atoms with Crippen LogP contribution in [0.4, 0.5) is 0 Å². The molecule has 0 aliphatic carbocycles. The van der Waals surface area contributed by atoms with Gasteiger partial charge in [0.25, 0.3) is 0 Å². The molecule has 13 heavy (non-hydrogen) atoms. The van der Waals surface area contributed by atoms with Crippen molar-refractivity contribution in [3.8, 4) is 0 Å². The Balaban J connectivity index is 2.37. The fraction of sp³-hybridized carbons (Fsp3) is 0.889. The average Bonchev–Trinajstić information content (AvgIpc) is 2.04. The number of nitrogens with zero attached hydrogens (tertiary/aromatic N) is 1. The van der Waals surface area contributed by atoms with Crippen LogP contribution in [0.25, 0.3) is 0 Å². The van der Waals surface area contributed by atoms with Crippen molar-refractivity contribution >= 4 is 5.91 Å². The quantitative estimate of drug-likeness (QED) is 0.615. The van der Waals surface area contributed by atoms with E-state index >= 15 is 0 Å². The maximum absolute atomic E-state index is 11.3. The molecule has 0 spiro atoms. The van der Waals surface area contributed by atoms with Crippen LogP contribution in [0.5, 0.6) is 0 Å². The zero-order valence-corrected chi connectivity index (χ0v) is 8.47. The molecular weight excluding hydrogens is 166 g/mol. The van der Waals surface area contributed by atoms with E-state index in [4.69, 9.17) is 0 Å². The van der Waals surface area contributed by atoms with Crippen molar-refractivity contribution in [3.05, 3.63) is 0 Å². The van der Waals surface area contributed by atoms with Crippen molar-refractivity contribution in [1.82, 2.24) is 15.5 Å². The van der Waals surface area contributed by atoms with Crippen molar-refractivity contribution in [1.29, 1.82) is 0 Å². The Bertz CT molecular complexity index is 156. The second kappa shape index (κ2) is 5.19. The van der Waals surface area contributed by atoms with E-state index in [0.29, 0.717) is 6.54 Å². The SMILES string of the molecule is CCCN1CC(=O)NC(CNC)C1. The summed E-state index contributed by atoms with van der Waals surface area (Å²) in [6.45, 7) is 5.55. The standard InChI is InChI=1S/C9H19N3O/c1-3-4-12-6-8(5-10-2)11-9(13)7-12/h8,10H,3-7H2,1-2H3,(H,11,13). The highest BCUT2D eigenvalue weighted by Gasteiger charge is 2.22. The van der Waals surface area contributed by atoms with E-state index < -0.39 is 0 Å². The summed E-state index contributed by atoms with van der Waals surface area (Å²) in [4.78, 5) is 13.5. The van der Waals surface area contributed by atoms with E-state index in [1.807, 2.05) is 7.05 Å². The van der Waals surface area contributed by atoms with Gasteiger partial charge in [0.15, 0.2) is 0 Å². The number of piperazine rings is 1. The van der Waals surface area contributed by atoms with E-state index in [0.717, 1.165) is 26.1 Å². The molecule has 0 bridgehead atoms. The van der Waals surface area contributed by atoms with E-state index in [2.05, 4.69) is 22.5 Å². The van der Waals surface area contributed by atoms with E-state index in [-0.39, 0.29) is 11.9 Å². The van der Waals surface area contributed by atoms with Gasteiger partial charge in [-0.25, -0.2) is 0 Å². The summed E-state index contributed by atoms with van der Waals surface area (Å²) in [6.07, 6.45) is 1.11. The van der Waals surface area contributed by atoms with Gasteiger partial charge in [0.05, 0.1) is 12.6 Å². The lowest BCUT2D eigenvalue weighted by atomic mass is 10.2. The van der Waals surface area contributed by atoms with Gasteiger partial charge in [-0.2, -0.15) is 0 Å². The Hall–Kier alpha value is -0.610. The molecule has 1 atom stereocenters. The molecule has 0 aromatic heterocycles. The molecule has 4 nitrogen and oxygen atoms in total. The van der Waals surface area contributed by atoms with Crippen LogP contribution in [0.2, 0.25) is 0 Å². The number of hydrogen-bond acceptors (Lipinski definition) is 3. The zero-order valence-electron chi connectivity index (χ0n) is 8.47. The highest BCUT2D eigenvalue weighted by atomic mass is 16.2. The highest BCUT2D eigenvalue weighted by molar-refractivity contribution is 5.79. The Morgan fingerprint density at radius 2 is 2.46 bits per heavy atom. The summed E-state index contributed by atoms with van der Waals surface area (Å²) < 4.78 is 0. The van der Waals surface area contributed by atoms with Crippen molar-refractivity contribution < 1.29 is 4.79 Å². The third kappa shape index (κ3) is 3.32. The molecule has 1 unspecified atom stereocenters. The first-order valence-corrected chi connectivity index (χ1v) is 4.92.